The molecule has 2 unspecified atom stereocenters. The predicted molar refractivity (Wildman–Crippen MR) is 179 cm³/mol. The molecule has 12 heteroatoms. The summed E-state index contributed by atoms with van der Waals surface area (Å²) < 4.78 is 32.0. The standard InChI is InChI=1S/C37H47FN4O7/c1-6-47-33(45)37-19-23(37)12-10-8-7-9-11-13-28(40-34(46)49-35(3,4)5)32(44)42-21-36(20-29(42)31(43)41-37)17-16-25-26-18-24(38)14-15-27(26)39-22(2)30(25)48-36/h10,12,14-15,18,23,28-29H,6-9,11,13,16-17,19-21H2,1-5H3,(H,40,46)(H,41,43)/b12-10-/t23?,28-,29-,36+,37?/m0/s1. The van der Waals surface area contributed by atoms with Gasteiger partial charge in [-0.3, -0.25) is 9.59 Å². The highest BCUT2D eigenvalue weighted by molar-refractivity contribution is 5.97. The smallest absolute Gasteiger partial charge is 0.408 e. The van der Waals surface area contributed by atoms with Crippen LogP contribution in [0.1, 0.15) is 90.3 Å². The fraction of sp³-hybridized carbons (Fsp3) is 0.595. The number of hydrogen-bond donors (Lipinski definition) is 2. The number of halogens is 1. The number of carbonyl (C=O) groups is 4. The van der Waals surface area contributed by atoms with Gasteiger partial charge in [-0.05, 0) is 91.3 Å². The van der Waals surface area contributed by atoms with Crippen LogP contribution in [0, 0.1) is 18.7 Å². The minimum Gasteiger partial charge on any atom is -0.483 e. The largest absolute Gasteiger partial charge is 0.483 e. The lowest BCUT2D eigenvalue weighted by Crippen LogP contribution is -2.57. The highest BCUT2D eigenvalue weighted by Crippen LogP contribution is 2.48. The third-order valence-electron chi connectivity index (χ3n) is 10.0. The summed E-state index contributed by atoms with van der Waals surface area (Å²) in [6.07, 6.45) is 8.35. The molecule has 4 heterocycles. The Morgan fingerprint density at radius 3 is 2.73 bits per heavy atom. The van der Waals surface area contributed by atoms with Crippen molar-refractivity contribution in [3.05, 3.63) is 47.4 Å². The third-order valence-corrected chi connectivity index (χ3v) is 10.0. The van der Waals surface area contributed by atoms with Crippen molar-refractivity contribution >= 4 is 34.8 Å². The second-order valence-corrected chi connectivity index (χ2v) is 14.9. The molecule has 11 nitrogen and oxygen atoms in total. The van der Waals surface area contributed by atoms with Gasteiger partial charge in [-0.1, -0.05) is 25.0 Å². The van der Waals surface area contributed by atoms with Gasteiger partial charge in [-0.25, -0.2) is 19.0 Å². The van der Waals surface area contributed by atoms with Gasteiger partial charge in [0, 0.05) is 23.3 Å². The summed E-state index contributed by atoms with van der Waals surface area (Å²) in [5.74, 6) is -1.47. The van der Waals surface area contributed by atoms with Crippen molar-refractivity contribution in [2.24, 2.45) is 5.92 Å². The Morgan fingerprint density at radius 1 is 1.18 bits per heavy atom. The molecule has 264 valence electrons. The van der Waals surface area contributed by atoms with E-state index in [0.29, 0.717) is 54.5 Å². The Bertz CT molecular complexity index is 1690. The van der Waals surface area contributed by atoms with Crippen LogP contribution in [0.25, 0.3) is 10.9 Å². The number of benzene rings is 1. The van der Waals surface area contributed by atoms with Gasteiger partial charge in [0.2, 0.25) is 11.8 Å². The number of amides is 3. The van der Waals surface area contributed by atoms with E-state index < -0.39 is 52.7 Å². The fourth-order valence-corrected chi connectivity index (χ4v) is 7.56. The molecule has 4 aliphatic rings. The quantitative estimate of drug-likeness (QED) is 0.334. The number of fused-ring (bicyclic) bond motifs is 5. The van der Waals surface area contributed by atoms with E-state index in [4.69, 9.17) is 14.2 Å². The zero-order valence-electron chi connectivity index (χ0n) is 29.0. The molecule has 1 spiro atoms. The van der Waals surface area contributed by atoms with Crippen LogP contribution in [-0.4, -0.2) is 75.7 Å². The first-order chi connectivity index (χ1) is 23.2. The molecule has 3 aliphatic heterocycles. The van der Waals surface area contributed by atoms with Crippen molar-refractivity contribution in [2.45, 2.75) is 121 Å². The van der Waals surface area contributed by atoms with E-state index in [1.165, 1.54) is 17.0 Å². The van der Waals surface area contributed by atoms with E-state index in [2.05, 4.69) is 15.6 Å². The maximum absolute atomic E-state index is 14.5. The highest BCUT2D eigenvalue weighted by atomic mass is 19.1. The monoisotopic (exact) mass is 678 g/mol. The molecule has 3 amide bonds. The molecule has 1 saturated heterocycles. The van der Waals surface area contributed by atoms with Crippen molar-refractivity contribution in [1.29, 1.82) is 0 Å². The van der Waals surface area contributed by atoms with E-state index in [9.17, 15) is 23.6 Å². The van der Waals surface area contributed by atoms with Crippen molar-refractivity contribution in [1.82, 2.24) is 20.5 Å². The minimum absolute atomic E-state index is 0.0756. The molecule has 49 heavy (non-hydrogen) atoms. The number of carbonyl (C=O) groups excluding carboxylic acids is 4. The molecule has 2 aromatic rings. The molecular weight excluding hydrogens is 631 g/mol. The van der Waals surface area contributed by atoms with Crippen molar-refractivity contribution in [3.63, 3.8) is 0 Å². The number of rotatable bonds is 3. The topological polar surface area (TPSA) is 136 Å². The Morgan fingerprint density at radius 2 is 1.98 bits per heavy atom. The molecule has 1 aromatic heterocycles. The number of nitrogens with zero attached hydrogens (tertiary/aromatic N) is 2. The summed E-state index contributed by atoms with van der Waals surface area (Å²) >= 11 is 0. The van der Waals surface area contributed by atoms with Crippen LogP contribution in [0.3, 0.4) is 0 Å². The van der Waals surface area contributed by atoms with Crippen LogP contribution >= 0.6 is 0 Å². The number of ether oxygens (including phenoxy) is 3. The number of nitrogens with one attached hydrogen (secondary N) is 2. The summed E-state index contributed by atoms with van der Waals surface area (Å²) in [6.45, 7) is 9.05. The minimum atomic E-state index is -1.22. The Kier molecular flexibility index (Phi) is 9.36. The summed E-state index contributed by atoms with van der Waals surface area (Å²) in [4.78, 5) is 61.3. The van der Waals surface area contributed by atoms with Crippen molar-refractivity contribution in [3.8, 4) is 5.75 Å². The van der Waals surface area contributed by atoms with Gasteiger partial charge in [0.05, 0.1) is 24.4 Å². The fourth-order valence-electron chi connectivity index (χ4n) is 7.56. The lowest BCUT2D eigenvalue weighted by atomic mass is 9.87. The lowest BCUT2D eigenvalue weighted by molar-refractivity contribution is -0.150. The first-order valence-electron chi connectivity index (χ1n) is 17.5. The van der Waals surface area contributed by atoms with Crippen LogP contribution in [-0.2, 0) is 30.3 Å². The third kappa shape index (κ3) is 7.10. The van der Waals surface area contributed by atoms with Crippen LogP contribution in [0.15, 0.2) is 30.4 Å². The zero-order chi connectivity index (χ0) is 35.1. The van der Waals surface area contributed by atoms with E-state index in [0.717, 1.165) is 24.8 Å². The van der Waals surface area contributed by atoms with Gasteiger partial charge in [0.15, 0.2) is 0 Å². The van der Waals surface area contributed by atoms with Gasteiger partial charge in [0.1, 0.15) is 40.4 Å². The number of aryl methyl sites for hydroxylation is 2. The maximum Gasteiger partial charge on any atom is 0.408 e. The summed E-state index contributed by atoms with van der Waals surface area (Å²) in [5.41, 5.74) is -0.812. The molecule has 2 N–H and O–H groups in total. The number of esters is 1. The van der Waals surface area contributed by atoms with Gasteiger partial charge >= 0.3 is 12.1 Å². The first kappa shape index (κ1) is 34.6. The predicted octanol–water partition coefficient (Wildman–Crippen LogP) is 5.20. The lowest BCUT2D eigenvalue weighted by Gasteiger charge is -2.36. The molecular formula is C37H47FN4O7. The van der Waals surface area contributed by atoms with E-state index in [-0.39, 0.29) is 31.3 Å². The molecule has 1 saturated carbocycles. The summed E-state index contributed by atoms with van der Waals surface area (Å²) in [6, 6.07) is 2.54. The number of pyridine rings is 1. The van der Waals surface area contributed by atoms with Gasteiger partial charge in [-0.2, -0.15) is 0 Å². The Balaban J connectivity index is 1.36. The molecule has 5 atom stereocenters. The van der Waals surface area contributed by atoms with E-state index >= 15 is 0 Å². The van der Waals surface area contributed by atoms with E-state index in [1.807, 2.05) is 19.1 Å². The molecule has 1 aromatic carbocycles. The Labute approximate surface area is 286 Å². The van der Waals surface area contributed by atoms with Crippen LogP contribution in [0.5, 0.6) is 5.75 Å². The number of aromatic nitrogens is 1. The molecule has 6 rings (SSSR count). The van der Waals surface area contributed by atoms with E-state index in [1.54, 1.807) is 33.8 Å². The first-order valence-corrected chi connectivity index (χ1v) is 17.5. The normalized spacial score (nSPS) is 29.3. The average Bonchev–Trinajstić information content (AvgIpc) is 3.61. The molecule has 0 bridgehead atoms. The average molecular weight is 679 g/mol. The van der Waals surface area contributed by atoms with Gasteiger partial charge in [-0.15, -0.1) is 0 Å². The number of alkyl carbamates (subject to hydrolysis) is 1. The van der Waals surface area contributed by atoms with Crippen molar-refractivity contribution < 1.29 is 37.8 Å². The van der Waals surface area contributed by atoms with Crippen LogP contribution in [0.4, 0.5) is 9.18 Å². The molecule has 2 fully saturated rings. The molecule has 0 radical (unpaired) electrons. The number of allylic oxidation sites excluding steroid dienone is 1. The van der Waals surface area contributed by atoms with Gasteiger partial charge < -0.3 is 29.7 Å². The zero-order valence-corrected chi connectivity index (χ0v) is 29.0. The summed E-state index contributed by atoms with van der Waals surface area (Å²) in [7, 11) is 0. The van der Waals surface area contributed by atoms with Crippen LogP contribution < -0.4 is 15.4 Å². The summed E-state index contributed by atoms with van der Waals surface area (Å²) in [5, 5.41) is 6.46. The second-order valence-electron chi connectivity index (χ2n) is 14.9. The second kappa shape index (κ2) is 13.2. The highest BCUT2D eigenvalue weighted by Gasteiger charge is 2.63. The SMILES string of the molecule is CCOC(=O)C12CC1/C=C\CCCCC[C@H](NC(=O)OC(C)(C)C)C(=O)N1C[C@@]3(CCc4c(c(C)nc5ccc(F)cc45)O3)C[C@H]1C(=O)N2. The van der Waals surface area contributed by atoms with Crippen LogP contribution in [0.2, 0.25) is 0 Å². The van der Waals surface area contributed by atoms with Gasteiger partial charge in [0.25, 0.3) is 0 Å². The maximum atomic E-state index is 14.5. The Hall–Kier alpha value is -4.22. The molecule has 1 aliphatic carbocycles. The number of hydrogen-bond acceptors (Lipinski definition) is 8. The van der Waals surface area contributed by atoms with Crippen molar-refractivity contribution in [2.75, 3.05) is 13.2 Å².